The summed E-state index contributed by atoms with van der Waals surface area (Å²) in [6.45, 7) is 2.37. The number of benzene rings is 2. The van der Waals surface area contributed by atoms with E-state index in [4.69, 9.17) is 27.5 Å². The average molecular weight is 275 g/mol. The van der Waals surface area contributed by atoms with Crippen molar-refractivity contribution in [1.82, 2.24) is 0 Å². The van der Waals surface area contributed by atoms with Crippen LogP contribution >= 0.6 is 11.6 Å². The molecule has 19 heavy (non-hydrogen) atoms. The molecule has 98 valence electrons. The number of amidine groups is 1. The van der Waals surface area contributed by atoms with E-state index < -0.39 is 0 Å². The number of hydrogen-bond acceptors (Lipinski definition) is 2. The van der Waals surface area contributed by atoms with Gasteiger partial charge in [-0.15, -0.1) is 0 Å². The molecule has 2 rings (SSSR count). The molecule has 0 aliphatic carbocycles. The van der Waals surface area contributed by atoms with E-state index in [1.165, 1.54) is 0 Å². The van der Waals surface area contributed by atoms with E-state index in [1.807, 2.05) is 49.4 Å². The molecule has 0 fully saturated rings. The minimum absolute atomic E-state index is 0.00908. The maximum atomic E-state index is 7.56. The molecular weight excluding hydrogens is 260 g/mol. The van der Waals surface area contributed by atoms with Crippen molar-refractivity contribution in [3.63, 3.8) is 0 Å². The highest BCUT2D eigenvalue weighted by Crippen LogP contribution is 2.21. The smallest absolute Gasteiger partial charge is 0.130 e. The second-order valence-electron chi connectivity index (χ2n) is 4.33. The van der Waals surface area contributed by atoms with Crippen LogP contribution in [0.5, 0.6) is 5.75 Å². The van der Waals surface area contributed by atoms with Crippen LogP contribution in [0.4, 0.5) is 0 Å². The SMILES string of the molecule is Cc1ccc(OCc2ccc(Cl)cc2)c(C(=N)N)c1. The zero-order valence-corrected chi connectivity index (χ0v) is 11.4. The second kappa shape index (κ2) is 5.76. The monoisotopic (exact) mass is 274 g/mol. The van der Waals surface area contributed by atoms with Gasteiger partial charge in [0.25, 0.3) is 0 Å². The Morgan fingerprint density at radius 1 is 1.21 bits per heavy atom. The Bertz CT molecular complexity index is 594. The van der Waals surface area contributed by atoms with Crippen LogP contribution in [0.15, 0.2) is 42.5 Å². The van der Waals surface area contributed by atoms with Gasteiger partial charge in [-0.05, 0) is 36.8 Å². The molecule has 0 amide bonds. The summed E-state index contributed by atoms with van der Waals surface area (Å²) in [7, 11) is 0. The Morgan fingerprint density at radius 3 is 2.53 bits per heavy atom. The molecule has 0 heterocycles. The summed E-state index contributed by atoms with van der Waals surface area (Å²) in [5.41, 5.74) is 8.24. The fourth-order valence-electron chi connectivity index (χ4n) is 1.72. The molecular formula is C15H15ClN2O. The number of nitrogens with one attached hydrogen (secondary N) is 1. The Kier molecular flexibility index (Phi) is 4.07. The molecule has 0 aromatic heterocycles. The van der Waals surface area contributed by atoms with Crippen LogP contribution in [0.1, 0.15) is 16.7 Å². The Morgan fingerprint density at radius 2 is 1.89 bits per heavy atom. The van der Waals surface area contributed by atoms with E-state index in [0.29, 0.717) is 22.9 Å². The summed E-state index contributed by atoms with van der Waals surface area (Å²) in [6.07, 6.45) is 0. The van der Waals surface area contributed by atoms with E-state index in [2.05, 4.69) is 0 Å². The minimum Gasteiger partial charge on any atom is -0.488 e. The summed E-state index contributed by atoms with van der Waals surface area (Å²) in [4.78, 5) is 0. The first-order valence-corrected chi connectivity index (χ1v) is 6.26. The van der Waals surface area contributed by atoms with Crippen LogP contribution in [0.25, 0.3) is 0 Å². The largest absolute Gasteiger partial charge is 0.488 e. The Labute approximate surface area is 117 Å². The van der Waals surface area contributed by atoms with Gasteiger partial charge in [0.15, 0.2) is 0 Å². The minimum atomic E-state index is 0.00908. The molecule has 4 heteroatoms. The molecule has 0 unspecified atom stereocenters. The van der Waals surface area contributed by atoms with E-state index in [1.54, 1.807) is 0 Å². The maximum Gasteiger partial charge on any atom is 0.130 e. The molecule has 0 spiro atoms. The van der Waals surface area contributed by atoms with Crippen molar-refractivity contribution in [2.75, 3.05) is 0 Å². The van der Waals surface area contributed by atoms with Crippen molar-refractivity contribution in [1.29, 1.82) is 5.41 Å². The fraction of sp³-hybridized carbons (Fsp3) is 0.133. The highest BCUT2D eigenvalue weighted by Gasteiger charge is 2.07. The van der Waals surface area contributed by atoms with Gasteiger partial charge in [-0.1, -0.05) is 35.4 Å². The van der Waals surface area contributed by atoms with Gasteiger partial charge in [0.1, 0.15) is 18.2 Å². The lowest BCUT2D eigenvalue weighted by atomic mass is 10.1. The van der Waals surface area contributed by atoms with Crippen LogP contribution in [0.2, 0.25) is 5.02 Å². The van der Waals surface area contributed by atoms with Crippen molar-refractivity contribution < 1.29 is 4.74 Å². The lowest BCUT2D eigenvalue weighted by Gasteiger charge is -2.11. The zero-order chi connectivity index (χ0) is 13.8. The lowest BCUT2D eigenvalue weighted by Crippen LogP contribution is -2.13. The van der Waals surface area contributed by atoms with Gasteiger partial charge in [-0.25, -0.2) is 0 Å². The molecule has 2 aromatic rings. The van der Waals surface area contributed by atoms with Gasteiger partial charge < -0.3 is 10.5 Å². The van der Waals surface area contributed by atoms with Gasteiger partial charge >= 0.3 is 0 Å². The first-order chi connectivity index (χ1) is 9.06. The summed E-state index contributed by atoms with van der Waals surface area (Å²) in [5.74, 6) is 0.628. The quantitative estimate of drug-likeness (QED) is 0.662. The van der Waals surface area contributed by atoms with Gasteiger partial charge in [0.05, 0.1) is 5.56 Å². The fourth-order valence-corrected chi connectivity index (χ4v) is 1.85. The molecule has 3 N–H and O–H groups in total. The number of halogens is 1. The van der Waals surface area contributed by atoms with Crippen molar-refractivity contribution in [3.8, 4) is 5.75 Å². The molecule has 3 nitrogen and oxygen atoms in total. The van der Waals surface area contributed by atoms with Gasteiger partial charge in [0.2, 0.25) is 0 Å². The van der Waals surface area contributed by atoms with E-state index in [0.717, 1.165) is 11.1 Å². The Hall–Kier alpha value is -2.00. The summed E-state index contributed by atoms with van der Waals surface area (Å²) >= 11 is 5.83. The molecule has 0 atom stereocenters. The van der Waals surface area contributed by atoms with E-state index in [-0.39, 0.29) is 5.84 Å². The lowest BCUT2D eigenvalue weighted by molar-refractivity contribution is 0.305. The van der Waals surface area contributed by atoms with Crippen LogP contribution in [-0.4, -0.2) is 5.84 Å². The second-order valence-corrected chi connectivity index (χ2v) is 4.76. The average Bonchev–Trinajstić information content (AvgIpc) is 2.39. The van der Waals surface area contributed by atoms with Crippen molar-refractivity contribution in [2.24, 2.45) is 5.73 Å². The van der Waals surface area contributed by atoms with E-state index >= 15 is 0 Å². The number of nitrogens with two attached hydrogens (primary N) is 1. The molecule has 0 aliphatic rings. The van der Waals surface area contributed by atoms with Gasteiger partial charge in [-0.3, -0.25) is 5.41 Å². The topological polar surface area (TPSA) is 59.1 Å². The zero-order valence-electron chi connectivity index (χ0n) is 10.6. The standard InChI is InChI=1S/C15H15ClN2O/c1-10-2-7-14(13(8-10)15(17)18)19-9-11-3-5-12(16)6-4-11/h2-8H,9H2,1H3,(H3,17,18). The van der Waals surface area contributed by atoms with Crippen LogP contribution < -0.4 is 10.5 Å². The first kappa shape index (κ1) is 13.4. The van der Waals surface area contributed by atoms with Crippen molar-refractivity contribution in [3.05, 3.63) is 64.2 Å². The van der Waals surface area contributed by atoms with E-state index in [9.17, 15) is 0 Å². The van der Waals surface area contributed by atoms with Crippen LogP contribution in [-0.2, 0) is 6.61 Å². The predicted molar refractivity (Wildman–Crippen MR) is 78.0 cm³/mol. The molecule has 0 radical (unpaired) electrons. The highest BCUT2D eigenvalue weighted by molar-refractivity contribution is 6.30. The van der Waals surface area contributed by atoms with Gasteiger partial charge in [-0.2, -0.15) is 0 Å². The third-order valence-electron chi connectivity index (χ3n) is 2.73. The third kappa shape index (κ3) is 3.48. The van der Waals surface area contributed by atoms with Crippen LogP contribution in [0.3, 0.4) is 0 Å². The van der Waals surface area contributed by atoms with Crippen molar-refractivity contribution in [2.45, 2.75) is 13.5 Å². The summed E-state index contributed by atoms with van der Waals surface area (Å²) < 4.78 is 5.72. The summed E-state index contributed by atoms with van der Waals surface area (Å²) in [6, 6.07) is 13.1. The summed E-state index contributed by atoms with van der Waals surface area (Å²) in [5, 5.41) is 8.26. The molecule has 0 aliphatic heterocycles. The van der Waals surface area contributed by atoms with Crippen LogP contribution in [0, 0.1) is 12.3 Å². The Balaban J connectivity index is 2.15. The third-order valence-corrected chi connectivity index (χ3v) is 2.98. The van der Waals surface area contributed by atoms with Gasteiger partial charge in [0, 0.05) is 5.02 Å². The predicted octanol–water partition coefficient (Wildman–Crippen LogP) is 3.51. The van der Waals surface area contributed by atoms with Crippen molar-refractivity contribution >= 4 is 17.4 Å². The molecule has 0 saturated heterocycles. The number of hydrogen-bond donors (Lipinski definition) is 2. The number of ether oxygens (including phenoxy) is 1. The number of aryl methyl sites for hydroxylation is 1. The highest BCUT2D eigenvalue weighted by atomic mass is 35.5. The normalized spacial score (nSPS) is 10.2. The first-order valence-electron chi connectivity index (χ1n) is 5.88. The maximum absolute atomic E-state index is 7.56. The molecule has 2 aromatic carbocycles. The number of rotatable bonds is 4. The molecule has 0 saturated carbocycles. The molecule has 0 bridgehead atoms. The number of nitrogen functional groups attached to an aromatic ring is 1.